The first-order valence-electron chi connectivity index (χ1n) is 13.9. The van der Waals surface area contributed by atoms with E-state index >= 15 is 8.78 Å². The second-order valence-electron chi connectivity index (χ2n) is 10.3. The predicted molar refractivity (Wildman–Crippen MR) is 157 cm³/mol. The number of para-hydroxylation sites is 1. The average molecular weight is 558 g/mol. The van der Waals surface area contributed by atoms with Gasteiger partial charge in [-0.15, -0.1) is 0 Å². The quantitative estimate of drug-likeness (QED) is 0.170. The molecule has 212 valence electrons. The number of amides is 2. The van der Waals surface area contributed by atoms with Crippen molar-refractivity contribution in [3.05, 3.63) is 89.6 Å². The number of nitrogens with one attached hydrogen (secondary N) is 3. The molecule has 0 aliphatic heterocycles. The van der Waals surface area contributed by atoms with Crippen LogP contribution in [-0.2, 0) is 11.2 Å². The molecule has 1 aliphatic carbocycles. The number of nitrogens with zero attached hydrogens (tertiary/aromatic N) is 1. The fourth-order valence-corrected chi connectivity index (χ4v) is 4.67. The van der Waals surface area contributed by atoms with Crippen molar-refractivity contribution in [3.63, 3.8) is 0 Å². The number of nitrogens with two attached hydrogens (primary N) is 1. The van der Waals surface area contributed by atoms with Crippen molar-refractivity contribution >= 4 is 34.1 Å². The van der Waals surface area contributed by atoms with E-state index in [4.69, 9.17) is 5.73 Å². The van der Waals surface area contributed by atoms with E-state index in [0.29, 0.717) is 65.6 Å². The number of hydrogen-bond acceptors (Lipinski definition) is 5. The molecule has 9 heteroatoms. The van der Waals surface area contributed by atoms with Crippen LogP contribution in [0.2, 0.25) is 0 Å². The van der Waals surface area contributed by atoms with Gasteiger partial charge in [0.05, 0.1) is 16.8 Å². The summed E-state index contributed by atoms with van der Waals surface area (Å²) in [6.45, 7) is 0.842. The summed E-state index contributed by atoms with van der Waals surface area (Å²) in [6, 6.07) is 17.0. The number of benzene rings is 3. The molecule has 0 spiro atoms. The van der Waals surface area contributed by atoms with Crippen molar-refractivity contribution in [3.8, 4) is 11.1 Å². The van der Waals surface area contributed by atoms with Gasteiger partial charge < -0.3 is 21.7 Å². The zero-order chi connectivity index (χ0) is 28.8. The normalized spacial score (nSPS) is 12.8. The molecule has 1 aliphatic rings. The lowest BCUT2D eigenvalue weighted by molar-refractivity contribution is -0.121. The summed E-state index contributed by atoms with van der Waals surface area (Å²) in [5.41, 5.74) is 8.39. The third-order valence-corrected chi connectivity index (χ3v) is 7.10. The summed E-state index contributed by atoms with van der Waals surface area (Å²) >= 11 is 0. The van der Waals surface area contributed by atoms with E-state index in [1.54, 1.807) is 18.2 Å². The number of hydrogen-bond donors (Lipinski definition) is 4. The number of anilines is 2. The Kier molecular flexibility index (Phi) is 8.84. The minimum Gasteiger partial charge on any atom is -0.356 e. The highest BCUT2D eigenvalue weighted by molar-refractivity contribution is 6.09. The smallest absolute Gasteiger partial charge is 0.255 e. The molecule has 4 aromatic rings. The van der Waals surface area contributed by atoms with Crippen LogP contribution in [0.25, 0.3) is 22.0 Å². The van der Waals surface area contributed by atoms with Gasteiger partial charge in [-0.1, -0.05) is 30.3 Å². The van der Waals surface area contributed by atoms with E-state index < -0.39 is 11.6 Å². The maximum atomic E-state index is 15.3. The molecule has 0 bridgehead atoms. The fraction of sp³-hybridized carbons (Fsp3) is 0.281. The monoisotopic (exact) mass is 557 g/mol. The van der Waals surface area contributed by atoms with Gasteiger partial charge in [0.15, 0.2) is 0 Å². The first kappa shape index (κ1) is 28.2. The van der Waals surface area contributed by atoms with Gasteiger partial charge in [-0.25, -0.2) is 8.78 Å². The Morgan fingerprint density at radius 3 is 2.51 bits per heavy atom. The van der Waals surface area contributed by atoms with E-state index in [-0.39, 0.29) is 23.4 Å². The highest BCUT2D eigenvalue weighted by Crippen LogP contribution is 2.35. The first-order chi connectivity index (χ1) is 19.9. The van der Waals surface area contributed by atoms with Crippen LogP contribution in [-0.4, -0.2) is 35.9 Å². The molecule has 1 heterocycles. The van der Waals surface area contributed by atoms with Crippen molar-refractivity contribution < 1.29 is 18.4 Å². The summed E-state index contributed by atoms with van der Waals surface area (Å²) in [5, 5.41) is 9.65. The van der Waals surface area contributed by atoms with E-state index in [1.807, 2.05) is 30.3 Å². The maximum absolute atomic E-state index is 15.3. The van der Waals surface area contributed by atoms with Crippen LogP contribution in [0, 0.1) is 11.6 Å². The summed E-state index contributed by atoms with van der Waals surface area (Å²) < 4.78 is 30.4. The molecule has 1 fully saturated rings. The number of unbranched alkanes of at least 4 members (excludes halogenated alkanes) is 1. The number of halogens is 2. The minimum absolute atomic E-state index is 0.0904. The molecule has 1 aromatic heterocycles. The van der Waals surface area contributed by atoms with Crippen LogP contribution in [0.4, 0.5) is 20.2 Å². The van der Waals surface area contributed by atoms with Gasteiger partial charge in [0, 0.05) is 47.9 Å². The number of aromatic nitrogens is 1. The Labute approximate surface area is 237 Å². The molecule has 2 amide bonds. The molecule has 0 unspecified atom stereocenters. The molecule has 5 N–H and O–H groups in total. The third-order valence-electron chi connectivity index (χ3n) is 7.10. The zero-order valence-corrected chi connectivity index (χ0v) is 22.7. The summed E-state index contributed by atoms with van der Waals surface area (Å²) in [5.74, 6) is -1.39. The van der Waals surface area contributed by atoms with Gasteiger partial charge >= 0.3 is 0 Å². The topological polar surface area (TPSA) is 109 Å². The maximum Gasteiger partial charge on any atom is 0.255 e. The van der Waals surface area contributed by atoms with E-state index in [2.05, 4.69) is 20.9 Å². The molecule has 41 heavy (non-hydrogen) atoms. The van der Waals surface area contributed by atoms with Gasteiger partial charge in [0.2, 0.25) is 5.91 Å². The third kappa shape index (κ3) is 7.05. The van der Waals surface area contributed by atoms with Crippen molar-refractivity contribution in [1.82, 2.24) is 15.6 Å². The number of pyridine rings is 1. The van der Waals surface area contributed by atoms with Gasteiger partial charge in [0.25, 0.3) is 5.91 Å². The standard InChI is InChI=1S/C32H33F2N5O2/c33-27-16-21(10-9-20(27)13-15-36-30(40)8-4-5-14-35)24-17-25-29(18-28(24)34)37-19-26(32(41)39-23-11-12-23)31(25)38-22-6-2-1-3-7-22/h1-3,6-7,9-10,16-19,23H,4-5,8,11-15,35H2,(H,36,40)(H,37,38)(H,39,41). The van der Waals surface area contributed by atoms with E-state index in [9.17, 15) is 9.59 Å². The van der Waals surface area contributed by atoms with Crippen LogP contribution in [0.1, 0.15) is 48.0 Å². The Morgan fingerprint density at radius 1 is 0.976 bits per heavy atom. The Hall–Kier alpha value is -4.37. The molecule has 3 aromatic carbocycles. The zero-order valence-electron chi connectivity index (χ0n) is 22.7. The van der Waals surface area contributed by atoms with Gasteiger partial charge in [-0.3, -0.25) is 14.6 Å². The SMILES string of the molecule is NCCCCC(=O)NCCc1ccc(-c2cc3c(Nc4ccccc4)c(C(=O)NC4CC4)cnc3cc2F)cc1F. The Morgan fingerprint density at radius 2 is 1.78 bits per heavy atom. The van der Waals surface area contributed by atoms with E-state index in [0.717, 1.165) is 24.9 Å². The minimum atomic E-state index is -0.553. The number of fused-ring (bicyclic) bond motifs is 1. The van der Waals surface area contributed by atoms with Crippen molar-refractivity contribution in [2.75, 3.05) is 18.4 Å². The van der Waals surface area contributed by atoms with Crippen LogP contribution >= 0.6 is 0 Å². The number of rotatable bonds is 12. The molecular weight excluding hydrogens is 524 g/mol. The first-order valence-corrected chi connectivity index (χ1v) is 13.9. The second kappa shape index (κ2) is 12.9. The van der Waals surface area contributed by atoms with Crippen LogP contribution < -0.4 is 21.7 Å². The van der Waals surface area contributed by atoms with Crippen LogP contribution in [0.3, 0.4) is 0 Å². The summed E-state index contributed by atoms with van der Waals surface area (Å²) in [4.78, 5) is 29.4. The largest absolute Gasteiger partial charge is 0.356 e. The molecule has 0 saturated heterocycles. The summed E-state index contributed by atoms with van der Waals surface area (Å²) in [7, 11) is 0. The second-order valence-corrected chi connectivity index (χ2v) is 10.3. The lowest BCUT2D eigenvalue weighted by atomic mass is 9.98. The Balaban J connectivity index is 1.43. The lowest BCUT2D eigenvalue weighted by Gasteiger charge is -2.16. The fourth-order valence-electron chi connectivity index (χ4n) is 4.67. The highest BCUT2D eigenvalue weighted by atomic mass is 19.1. The predicted octanol–water partition coefficient (Wildman–Crippen LogP) is 5.60. The van der Waals surface area contributed by atoms with Crippen molar-refractivity contribution in [1.29, 1.82) is 0 Å². The highest BCUT2D eigenvalue weighted by Gasteiger charge is 2.26. The van der Waals surface area contributed by atoms with Crippen molar-refractivity contribution in [2.45, 2.75) is 44.6 Å². The molecule has 5 rings (SSSR count). The molecule has 0 atom stereocenters. The Bertz CT molecular complexity index is 1560. The molecule has 0 radical (unpaired) electrons. The molecule has 7 nitrogen and oxygen atoms in total. The van der Waals surface area contributed by atoms with Crippen LogP contribution in [0.5, 0.6) is 0 Å². The van der Waals surface area contributed by atoms with Crippen molar-refractivity contribution in [2.24, 2.45) is 5.73 Å². The lowest BCUT2D eigenvalue weighted by Crippen LogP contribution is -2.26. The van der Waals surface area contributed by atoms with Gasteiger partial charge in [0.1, 0.15) is 11.6 Å². The number of carbonyl (C=O) groups is 2. The molecule has 1 saturated carbocycles. The molecular formula is C32H33F2N5O2. The van der Waals surface area contributed by atoms with E-state index in [1.165, 1.54) is 18.3 Å². The number of carbonyl (C=O) groups excluding carboxylic acids is 2. The van der Waals surface area contributed by atoms with Gasteiger partial charge in [-0.05, 0) is 74.0 Å². The average Bonchev–Trinajstić information content (AvgIpc) is 3.78. The van der Waals surface area contributed by atoms with Gasteiger partial charge in [-0.2, -0.15) is 0 Å². The van der Waals surface area contributed by atoms with Crippen LogP contribution in [0.15, 0.2) is 66.9 Å². The summed E-state index contributed by atoms with van der Waals surface area (Å²) in [6.07, 6.45) is 5.52.